The average molecular weight is 456 g/mol. The lowest BCUT2D eigenvalue weighted by molar-refractivity contribution is 0.590. The van der Waals surface area contributed by atoms with Crippen LogP contribution in [0.4, 0.5) is 0 Å². The van der Waals surface area contributed by atoms with E-state index < -0.39 is 0 Å². The highest BCUT2D eigenvalue weighted by atomic mass is 15.0. The third-order valence-corrected chi connectivity index (χ3v) is 6.75. The zero-order chi connectivity index (χ0) is 24.8. The van der Waals surface area contributed by atoms with Crippen LogP contribution in [0.5, 0.6) is 0 Å². The molecule has 0 bridgehead atoms. The van der Waals surface area contributed by atoms with Crippen LogP contribution in [-0.4, -0.2) is 4.57 Å². The van der Waals surface area contributed by atoms with Gasteiger partial charge in [-0.3, -0.25) is 0 Å². The first-order valence-corrected chi connectivity index (χ1v) is 12.4. The molecule has 0 atom stereocenters. The second-order valence-electron chi connectivity index (χ2n) is 11.5. The second-order valence-corrected chi connectivity index (χ2v) is 11.5. The summed E-state index contributed by atoms with van der Waals surface area (Å²) < 4.78 is 2.39. The molecule has 0 N–H and O–H groups in total. The minimum absolute atomic E-state index is 0.101. The van der Waals surface area contributed by atoms with Crippen LogP contribution in [-0.2, 0) is 10.8 Å². The van der Waals surface area contributed by atoms with Crippen molar-refractivity contribution in [2.45, 2.75) is 52.4 Å². The first-order valence-electron chi connectivity index (χ1n) is 12.4. The Kier molecular flexibility index (Phi) is 5.57. The van der Waals surface area contributed by atoms with Crippen molar-refractivity contribution in [1.29, 1.82) is 0 Å². The summed E-state index contributed by atoms with van der Waals surface area (Å²) >= 11 is 0. The predicted molar refractivity (Wildman–Crippen MR) is 151 cm³/mol. The van der Waals surface area contributed by atoms with Gasteiger partial charge in [0.15, 0.2) is 0 Å². The van der Waals surface area contributed by atoms with Gasteiger partial charge in [-0.2, -0.15) is 0 Å². The van der Waals surface area contributed by atoms with Gasteiger partial charge in [0, 0.05) is 27.6 Å². The molecule has 0 radical (unpaired) electrons. The Bertz CT molecular complexity index is 1500. The zero-order valence-corrected chi connectivity index (χ0v) is 21.6. The number of nitrogens with zero attached hydrogens (tertiary/aromatic N) is 1. The summed E-state index contributed by atoms with van der Waals surface area (Å²) in [6.45, 7) is 13.7. The lowest BCUT2D eigenvalue weighted by atomic mass is 9.85. The first kappa shape index (κ1) is 23.0. The Morgan fingerprint density at radius 2 is 0.971 bits per heavy atom. The van der Waals surface area contributed by atoms with E-state index in [2.05, 4.69) is 119 Å². The summed E-state index contributed by atoms with van der Waals surface area (Å²) in [4.78, 5) is 0. The highest BCUT2D eigenvalue weighted by Crippen LogP contribution is 2.37. The van der Waals surface area contributed by atoms with Crippen LogP contribution in [0.1, 0.15) is 63.8 Å². The van der Waals surface area contributed by atoms with Gasteiger partial charge in [0.25, 0.3) is 0 Å². The van der Waals surface area contributed by atoms with Crippen molar-refractivity contribution in [1.82, 2.24) is 4.57 Å². The highest BCUT2D eigenvalue weighted by molar-refractivity contribution is 6.09. The van der Waals surface area contributed by atoms with Gasteiger partial charge in [0.2, 0.25) is 0 Å². The molecule has 0 unspecified atom stereocenters. The average Bonchev–Trinajstić information content (AvgIpc) is 3.16. The van der Waals surface area contributed by atoms with Crippen molar-refractivity contribution in [3.05, 3.63) is 113 Å². The van der Waals surface area contributed by atoms with Gasteiger partial charge >= 0.3 is 0 Å². The van der Waals surface area contributed by atoms with Gasteiger partial charge in [0.1, 0.15) is 0 Å². The fourth-order valence-electron chi connectivity index (χ4n) is 4.59. The molecule has 5 rings (SSSR count). The van der Waals surface area contributed by atoms with E-state index in [9.17, 15) is 0 Å². The number of fused-ring (bicyclic) bond motifs is 3. The van der Waals surface area contributed by atoms with Crippen LogP contribution in [0.2, 0.25) is 0 Å². The SMILES string of the molecule is CC(C)(C)c1ccc2c(c1)c1cc(C(C)(C)C)ccc1n2-c1ccc(C#Cc2ccccc2)cc1. The summed E-state index contributed by atoms with van der Waals surface area (Å²) in [7, 11) is 0. The van der Waals surface area contributed by atoms with Gasteiger partial charge in [-0.1, -0.05) is 83.7 Å². The molecule has 1 aromatic heterocycles. The van der Waals surface area contributed by atoms with Crippen LogP contribution in [0, 0.1) is 11.8 Å². The van der Waals surface area contributed by atoms with Crippen LogP contribution in [0.25, 0.3) is 27.5 Å². The standard InChI is InChI=1S/C34H33N/c1-33(2,3)26-16-20-31-29(22-26)30-23-27(34(4,5)6)17-21-32(30)35(31)28-18-14-25(15-19-28)13-12-24-10-8-7-9-11-24/h7-11,14-23H,1-6H3. The summed E-state index contributed by atoms with van der Waals surface area (Å²) in [5.41, 5.74) is 8.60. The van der Waals surface area contributed by atoms with Gasteiger partial charge in [0.05, 0.1) is 11.0 Å². The summed E-state index contributed by atoms with van der Waals surface area (Å²) in [5, 5.41) is 2.62. The molecule has 0 aliphatic carbocycles. The molecule has 5 aromatic rings. The van der Waals surface area contributed by atoms with Crippen molar-refractivity contribution in [2.24, 2.45) is 0 Å². The number of benzene rings is 4. The molecule has 0 saturated heterocycles. The maximum absolute atomic E-state index is 3.30. The minimum atomic E-state index is 0.101. The molecule has 35 heavy (non-hydrogen) atoms. The molecule has 174 valence electrons. The normalized spacial score (nSPS) is 12.1. The van der Waals surface area contributed by atoms with E-state index in [0.717, 1.165) is 16.8 Å². The lowest BCUT2D eigenvalue weighted by Crippen LogP contribution is -2.10. The van der Waals surface area contributed by atoms with Crippen molar-refractivity contribution >= 4 is 21.8 Å². The molecule has 1 heteroatoms. The van der Waals surface area contributed by atoms with Crippen molar-refractivity contribution in [3.8, 4) is 17.5 Å². The van der Waals surface area contributed by atoms with Crippen LogP contribution < -0.4 is 0 Å². The van der Waals surface area contributed by atoms with Crippen molar-refractivity contribution in [3.63, 3.8) is 0 Å². The molecule has 0 aliphatic heterocycles. The van der Waals surface area contributed by atoms with Crippen LogP contribution >= 0.6 is 0 Å². The topological polar surface area (TPSA) is 4.93 Å². The van der Waals surface area contributed by atoms with E-state index in [4.69, 9.17) is 0 Å². The summed E-state index contributed by atoms with van der Waals surface area (Å²) in [5.74, 6) is 6.55. The van der Waals surface area contributed by atoms with Crippen molar-refractivity contribution in [2.75, 3.05) is 0 Å². The predicted octanol–water partition coefficient (Wildman–Crippen LogP) is 8.78. The van der Waals surface area contributed by atoms with E-state index >= 15 is 0 Å². The Hall–Kier alpha value is -3.76. The van der Waals surface area contributed by atoms with E-state index in [1.807, 2.05) is 30.3 Å². The van der Waals surface area contributed by atoms with Gasteiger partial charge < -0.3 is 4.57 Å². The van der Waals surface area contributed by atoms with E-state index in [1.54, 1.807) is 0 Å². The fourth-order valence-corrected chi connectivity index (χ4v) is 4.59. The first-order chi connectivity index (χ1) is 16.6. The molecule has 0 spiro atoms. The van der Waals surface area contributed by atoms with Crippen molar-refractivity contribution < 1.29 is 0 Å². The van der Waals surface area contributed by atoms with Crippen LogP contribution in [0.15, 0.2) is 91.0 Å². The van der Waals surface area contributed by atoms with E-state index in [1.165, 1.54) is 32.9 Å². The molecule has 0 aliphatic rings. The molecular weight excluding hydrogens is 422 g/mol. The Labute approximate surface area is 209 Å². The fraction of sp³-hybridized carbons (Fsp3) is 0.235. The Balaban J connectivity index is 1.67. The van der Waals surface area contributed by atoms with Gasteiger partial charge in [-0.15, -0.1) is 0 Å². The second kappa shape index (κ2) is 8.47. The number of aromatic nitrogens is 1. The third kappa shape index (κ3) is 4.50. The Morgan fingerprint density at radius 3 is 1.43 bits per heavy atom. The minimum Gasteiger partial charge on any atom is -0.309 e. The quantitative estimate of drug-likeness (QED) is 0.223. The molecule has 4 aromatic carbocycles. The summed E-state index contributed by atoms with van der Waals surface area (Å²) in [6, 6.07) is 32.7. The molecule has 1 heterocycles. The molecular formula is C34H33N. The maximum atomic E-state index is 3.30. The highest BCUT2D eigenvalue weighted by Gasteiger charge is 2.20. The van der Waals surface area contributed by atoms with Gasteiger partial charge in [-0.05, 0) is 82.6 Å². The monoisotopic (exact) mass is 455 g/mol. The smallest absolute Gasteiger partial charge is 0.0541 e. The van der Waals surface area contributed by atoms with E-state index in [-0.39, 0.29) is 10.8 Å². The molecule has 1 nitrogen and oxygen atoms in total. The zero-order valence-electron chi connectivity index (χ0n) is 21.6. The largest absolute Gasteiger partial charge is 0.309 e. The van der Waals surface area contributed by atoms with Gasteiger partial charge in [-0.25, -0.2) is 0 Å². The number of rotatable bonds is 1. The van der Waals surface area contributed by atoms with E-state index in [0.29, 0.717) is 0 Å². The maximum Gasteiger partial charge on any atom is 0.0541 e. The number of hydrogen-bond acceptors (Lipinski definition) is 0. The number of hydrogen-bond donors (Lipinski definition) is 0. The molecule has 0 saturated carbocycles. The lowest BCUT2D eigenvalue weighted by Gasteiger charge is -2.19. The molecule has 0 amide bonds. The van der Waals surface area contributed by atoms with Crippen LogP contribution in [0.3, 0.4) is 0 Å². The third-order valence-electron chi connectivity index (χ3n) is 6.75. The summed E-state index contributed by atoms with van der Waals surface area (Å²) in [6.07, 6.45) is 0. The Morgan fingerprint density at radius 1 is 0.514 bits per heavy atom. The molecule has 0 fully saturated rings.